The molecule has 1 N–H and O–H groups in total. The first-order valence-corrected chi connectivity index (χ1v) is 11.1. The van der Waals surface area contributed by atoms with Crippen molar-refractivity contribution in [3.05, 3.63) is 59.1 Å². The van der Waals surface area contributed by atoms with Crippen LogP contribution >= 0.6 is 0 Å². The van der Waals surface area contributed by atoms with Crippen LogP contribution in [0.2, 0.25) is 0 Å². The SMILES string of the molecule is Cc1c(CCC(=O)c2noc(C(C)(C)C)n2)ccc(-c2ccnc(NC(=O)C3CC3)c2)c1F. The molecule has 0 saturated heterocycles. The van der Waals surface area contributed by atoms with Gasteiger partial charge in [-0.2, -0.15) is 4.98 Å². The lowest BCUT2D eigenvalue weighted by molar-refractivity contribution is -0.117. The minimum atomic E-state index is -0.361. The number of hydrogen-bond acceptors (Lipinski definition) is 6. The Morgan fingerprint density at radius 2 is 1.97 bits per heavy atom. The van der Waals surface area contributed by atoms with Gasteiger partial charge in [0.1, 0.15) is 11.6 Å². The lowest BCUT2D eigenvalue weighted by Gasteiger charge is -2.12. The number of pyridine rings is 1. The highest BCUT2D eigenvalue weighted by Gasteiger charge is 2.30. The molecule has 2 heterocycles. The maximum absolute atomic E-state index is 15.2. The van der Waals surface area contributed by atoms with Crippen molar-refractivity contribution in [1.29, 1.82) is 0 Å². The fourth-order valence-electron chi connectivity index (χ4n) is 3.46. The summed E-state index contributed by atoms with van der Waals surface area (Å²) in [6, 6.07) is 6.89. The van der Waals surface area contributed by atoms with Crippen LogP contribution in [0, 0.1) is 18.7 Å². The van der Waals surface area contributed by atoms with Gasteiger partial charge in [0.05, 0.1) is 0 Å². The molecule has 1 fully saturated rings. The highest BCUT2D eigenvalue weighted by molar-refractivity contribution is 5.94. The molecule has 1 saturated carbocycles. The van der Waals surface area contributed by atoms with Crippen LogP contribution in [0.25, 0.3) is 11.1 Å². The number of anilines is 1. The molecule has 3 aromatic rings. The highest BCUT2D eigenvalue weighted by atomic mass is 19.1. The van der Waals surface area contributed by atoms with Gasteiger partial charge in [0.25, 0.3) is 0 Å². The fourth-order valence-corrected chi connectivity index (χ4v) is 3.46. The van der Waals surface area contributed by atoms with Gasteiger partial charge in [-0.1, -0.05) is 38.1 Å². The van der Waals surface area contributed by atoms with E-state index in [1.165, 1.54) is 0 Å². The molecule has 0 aliphatic heterocycles. The van der Waals surface area contributed by atoms with Crippen molar-refractivity contribution in [2.24, 2.45) is 5.92 Å². The molecular formula is C25H27FN4O3. The predicted octanol–water partition coefficient (Wildman–Crippen LogP) is 5.04. The quantitative estimate of drug-likeness (QED) is 0.507. The Hall–Kier alpha value is -3.42. The molecule has 33 heavy (non-hydrogen) atoms. The summed E-state index contributed by atoms with van der Waals surface area (Å²) in [5.41, 5.74) is 1.92. The van der Waals surface area contributed by atoms with Gasteiger partial charge in [-0.05, 0) is 55.0 Å². The average molecular weight is 451 g/mol. The van der Waals surface area contributed by atoms with E-state index in [2.05, 4.69) is 20.4 Å². The van der Waals surface area contributed by atoms with E-state index >= 15 is 4.39 Å². The molecule has 0 unspecified atom stereocenters. The fraction of sp³-hybridized carbons (Fsp3) is 0.400. The van der Waals surface area contributed by atoms with Crippen molar-refractivity contribution in [1.82, 2.24) is 15.1 Å². The second-order valence-corrected chi connectivity index (χ2v) is 9.50. The molecule has 0 spiro atoms. The van der Waals surface area contributed by atoms with E-state index in [1.807, 2.05) is 26.8 Å². The van der Waals surface area contributed by atoms with E-state index in [9.17, 15) is 9.59 Å². The molecular weight excluding hydrogens is 423 g/mol. The van der Waals surface area contributed by atoms with Crippen LogP contribution in [0.4, 0.5) is 10.2 Å². The number of rotatable bonds is 7. The Morgan fingerprint density at radius 3 is 2.64 bits per heavy atom. The van der Waals surface area contributed by atoms with Gasteiger partial charge in [0, 0.05) is 29.5 Å². The molecule has 0 bridgehead atoms. The topological polar surface area (TPSA) is 98.0 Å². The Bertz CT molecular complexity index is 1210. The maximum Gasteiger partial charge on any atom is 0.238 e. The molecule has 4 rings (SSSR count). The van der Waals surface area contributed by atoms with Crippen molar-refractivity contribution in [2.75, 3.05) is 5.32 Å². The van der Waals surface area contributed by atoms with Gasteiger partial charge in [0.2, 0.25) is 23.4 Å². The lowest BCUT2D eigenvalue weighted by Crippen LogP contribution is -2.14. The Kier molecular flexibility index (Phi) is 6.10. The van der Waals surface area contributed by atoms with Crippen LogP contribution in [-0.4, -0.2) is 26.8 Å². The number of carbonyl (C=O) groups is 2. The molecule has 1 aliphatic carbocycles. The maximum atomic E-state index is 15.2. The van der Waals surface area contributed by atoms with Gasteiger partial charge in [-0.3, -0.25) is 9.59 Å². The molecule has 1 aliphatic rings. The smallest absolute Gasteiger partial charge is 0.238 e. The van der Waals surface area contributed by atoms with Gasteiger partial charge < -0.3 is 9.84 Å². The summed E-state index contributed by atoms with van der Waals surface area (Å²) >= 11 is 0. The number of nitrogens with zero attached hydrogens (tertiary/aromatic N) is 3. The minimum Gasteiger partial charge on any atom is -0.338 e. The summed E-state index contributed by atoms with van der Waals surface area (Å²) in [6.07, 6.45) is 3.85. The number of aryl methyl sites for hydroxylation is 1. The molecule has 1 aromatic carbocycles. The zero-order valence-corrected chi connectivity index (χ0v) is 19.2. The number of carbonyl (C=O) groups excluding carboxylic acids is 2. The van der Waals surface area contributed by atoms with Gasteiger partial charge in [0.15, 0.2) is 0 Å². The van der Waals surface area contributed by atoms with Crippen molar-refractivity contribution in [3.63, 3.8) is 0 Å². The zero-order chi connectivity index (χ0) is 23.8. The summed E-state index contributed by atoms with van der Waals surface area (Å²) in [4.78, 5) is 32.9. The molecule has 8 heteroatoms. The molecule has 2 aromatic heterocycles. The third-order valence-electron chi connectivity index (χ3n) is 5.71. The standard InChI is InChI=1S/C25H27FN4O3/c1-14-15(8-10-19(31)22-29-24(33-30-22)25(2,3)4)7-9-18(21(14)26)17-11-12-27-20(13-17)28-23(32)16-5-6-16/h7,9,11-13,16H,5-6,8,10H2,1-4H3,(H,27,28,32). The third-order valence-corrected chi connectivity index (χ3v) is 5.71. The Morgan fingerprint density at radius 1 is 1.21 bits per heavy atom. The molecule has 1 amide bonds. The summed E-state index contributed by atoms with van der Waals surface area (Å²) in [7, 11) is 0. The number of halogens is 1. The highest BCUT2D eigenvalue weighted by Crippen LogP contribution is 2.31. The number of benzene rings is 1. The molecule has 0 radical (unpaired) electrons. The number of ketones is 1. The summed E-state index contributed by atoms with van der Waals surface area (Å²) in [6.45, 7) is 7.47. The number of amides is 1. The first kappa shape index (κ1) is 22.8. The summed E-state index contributed by atoms with van der Waals surface area (Å²) in [5.74, 6) is 0.264. The van der Waals surface area contributed by atoms with Crippen molar-refractivity contribution < 1.29 is 18.5 Å². The second kappa shape index (κ2) is 8.84. The molecule has 172 valence electrons. The van der Waals surface area contributed by atoms with Crippen molar-refractivity contribution >= 4 is 17.5 Å². The van der Waals surface area contributed by atoms with Crippen molar-refractivity contribution in [3.8, 4) is 11.1 Å². The third kappa shape index (κ3) is 5.16. The minimum absolute atomic E-state index is 0.0484. The van der Waals surface area contributed by atoms with E-state index in [-0.39, 0.29) is 41.1 Å². The normalized spacial score (nSPS) is 13.7. The lowest BCUT2D eigenvalue weighted by atomic mass is 9.96. The molecule has 7 nitrogen and oxygen atoms in total. The Labute approximate surface area is 191 Å². The van der Waals surface area contributed by atoms with Crippen LogP contribution in [0.1, 0.15) is 67.7 Å². The van der Waals surface area contributed by atoms with Crippen LogP contribution in [0.3, 0.4) is 0 Å². The number of hydrogen-bond donors (Lipinski definition) is 1. The summed E-state index contributed by atoms with van der Waals surface area (Å²) in [5, 5.41) is 6.58. The first-order chi connectivity index (χ1) is 15.6. The largest absolute Gasteiger partial charge is 0.338 e. The zero-order valence-electron chi connectivity index (χ0n) is 19.2. The van der Waals surface area contributed by atoms with Crippen LogP contribution in [0.5, 0.6) is 0 Å². The Balaban J connectivity index is 1.47. The number of nitrogens with one attached hydrogen (secondary N) is 1. The van der Waals surface area contributed by atoms with E-state index < -0.39 is 0 Å². The average Bonchev–Trinajstić information content (AvgIpc) is 3.49. The van der Waals surface area contributed by atoms with Crippen LogP contribution in [-0.2, 0) is 16.6 Å². The van der Waals surface area contributed by atoms with E-state index in [0.717, 1.165) is 18.4 Å². The molecule has 0 atom stereocenters. The van der Waals surface area contributed by atoms with Gasteiger partial charge >= 0.3 is 0 Å². The van der Waals surface area contributed by atoms with E-state index in [1.54, 1.807) is 31.3 Å². The van der Waals surface area contributed by atoms with Gasteiger partial charge in [-0.15, -0.1) is 0 Å². The van der Waals surface area contributed by atoms with E-state index in [0.29, 0.717) is 34.8 Å². The van der Waals surface area contributed by atoms with E-state index in [4.69, 9.17) is 4.52 Å². The first-order valence-electron chi connectivity index (χ1n) is 11.1. The van der Waals surface area contributed by atoms with Crippen LogP contribution < -0.4 is 5.32 Å². The predicted molar refractivity (Wildman–Crippen MR) is 121 cm³/mol. The number of aromatic nitrogens is 3. The summed E-state index contributed by atoms with van der Waals surface area (Å²) < 4.78 is 20.4. The second-order valence-electron chi connectivity index (χ2n) is 9.50. The van der Waals surface area contributed by atoms with Gasteiger partial charge in [-0.25, -0.2) is 9.37 Å². The monoisotopic (exact) mass is 450 g/mol. The van der Waals surface area contributed by atoms with Crippen LogP contribution in [0.15, 0.2) is 35.0 Å². The van der Waals surface area contributed by atoms with Crippen molar-refractivity contribution in [2.45, 2.75) is 58.8 Å². The number of Topliss-reactive ketones (excluding diaryl/α,β-unsaturated/α-hetero) is 1.